The summed E-state index contributed by atoms with van der Waals surface area (Å²) < 4.78 is 0. The number of fused-ring (bicyclic) bond motifs is 2. The van der Waals surface area contributed by atoms with Crippen LogP contribution in [0.3, 0.4) is 0 Å². The molecule has 2 aliphatic rings. The van der Waals surface area contributed by atoms with E-state index < -0.39 is 0 Å². The molecular formula is C18H19ClN2S. The summed E-state index contributed by atoms with van der Waals surface area (Å²) in [5.74, 6) is 0. The highest BCUT2D eigenvalue weighted by molar-refractivity contribution is 7.99. The van der Waals surface area contributed by atoms with Crippen LogP contribution >= 0.6 is 23.4 Å². The van der Waals surface area contributed by atoms with Gasteiger partial charge in [-0.15, -0.1) is 0 Å². The van der Waals surface area contributed by atoms with Crippen molar-refractivity contribution in [3.8, 4) is 0 Å². The fourth-order valence-electron chi connectivity index (χ4n) is 3.26. The van der Waals surface area contributed by atoms with Crippen molar-refractivity contribution < 1.29 is 0 Å². The summed E-state index contributed by atoms with van der Waals surface area (Å²) in [6.07, 6.45) is 3.33. The van der Waals surface area contributed by atoms with Gasteiger partial charge in [0.2, 0.25) is 0 Å². The van der Waals surface area contributed by atoms with E-state index in [1.165, 1.54) is 39.4 Å². The zero-order valence-electron chi connectivity index (χ0n) is 12.4. The highest BCUT2D eigenvalue weighted by atomic mass is 35.5. The van der Waals surface area contributed by atoms with E-state index in [1.807, 2.05) is 11.8 Å². The highest BCUT2D eigenvalue weighted by Crippen LogP contribution is 2.43. The van der Waals surface area contributed by atoms with Gasteiger partial charge in [-0.1, -0.05) is 41.6 Å². The molecular weight excluding hydrogens is 312 g/mol. The molecule has 1 saturated heterocycles. The zero-order chi connectivity index (χ0) is 14.9. The van der Waals surface area contributed by atoms with Crippen LogP contribution in [0.1, 0.15) is 24.0 Å². The molecule has 4 rings (SSSR count). The number of rotatable bonds is 2. The molecule has 2 nitrogen and oxygen atoms in total. The van der Waals surface area contributed by atoms with Gasteiger partial charge < -0.3 is 10.6 Å². The Morgan fingerprint density at radius 2 is 1.91 bits per heavy atom. The number of hydrogen-bond acceptors (Lipinski definition) is 3. The Labute approximate surface area is 140 Å². The summed E-state index contributed by atoms with van der Waals surface area (Å²) >= 11 is 8.20. The Kier molecular flexibility index (Phi) is 4.03. The number of halogens is 1. The summed E-state index contributed by atoms with van der Waals surface area (Å²) in [4.78, 5) is 2.65. The van der Waals surface area contributed by atoms with E-state index in [0.29, 0.717) is 6.04 Å². The second-order valence-corrected chi connectivity index (χ2v) is 7.51. The third kappa shape index (κ3) is 2.85. The molecule has 1 fully saturated rings. The first-order valence-electron chi connectivity index (χ1n) is 7.85. The predicted molar refractivity (Wildman–Crippen MR) is 94.3 cm³/mol. The summed E-state index contributed by atoms with van der Waals surface area (Å²) in [6, 6.07) is 13.4. The third-order valence-electron chi connectivity index (χ3n) is 4.43. The maximum absolute atomic E-state index is 6.36. The van der Waals surface area contributed by atoms with Gasteiger partial charge in [-0.05, 0) is 55.3 Å². The minimum atomic E-state index is 0.547. The van der Waals surface area contributed by atoms with E-state index >= 15 is 0 Å². The van der Waals surface area contributed by atoms with Gasteiger partial charge >= 0.3 is 0 Å². The smallest absolute Gasteiger partial charge is 0.0438 e. The van der Waals surface area contributed by atoms with E-state index in [0.717, 1.165) is 24.5 Å². The van der Waals surface area contributed by atoms with Crippen molar-refractivity contribution >= 4 is 29.1 Å². The van der Waals surface area contributed by atoms with E-state index in [2.05, 4.69) is 47.0 Å². The van der Waals surface area contributed by atoms with Crippen molar-refractivity contribution in [1.29, 1.82) is 0 Å². The number of anilines is 1. The minimum absolute atomic E-state index is 0.547. The predicted octanol–water partition coefficient (Wildman–Crippen LogP) is 4.56. The lowest BCUT2D eigenvalue weighted by Crippen LogP contribution is -2.35. The Balaban J connectivity index is 1.67. The van der Waals surface area contributed by atoms with E-state index in [9.17, 15) is 0 Å². The van der Waals surface area contributed by atoms with Crippen LogP contribution in [0.4, 0.5) is 5.69 Å². The standard InChI is InChI=1S/C18H19ClN2S/c19-13-10-16(21-14-5-7-20-8-6-14)15-9-12-3-1-2-4-17(12)22-18(15)11-13/h1-4,10-11,14,20-21H,5-9H2. The maximum Gasteiger partial charge on any atom is 0.0438 e. The molecule has 0 unspecified atom stereocenters. The monoisotopic (exact) mass is 330 g/mol. The first kappa shape index (κ1) is 14.4. The molecule has 0 saturated carbocycles. The van der Waals surface area contributed by atoms with Gasteiger partial charge in [-0.3, -0.25) is 0 Å². The quantitative estimate of drug-likeness (QED) is 0.720. The summed E-state index contributed by atoms with van der Waals surface area (Å²) in [5.41, 5.74) is 4.03. The molecule has 0 aromatic heterocycles. The van der Waals surface area contributed by atoms with Gasteiger partial charge in [0.1, 0.15) is 0 Å². The van der Waals surface area contributed by atoms with Gasteiger partial charge in [-0.25, -0.2) is 0 Å². The van der Waals surface area contributed by atoms with Crippen LogP contribution in [-0.2, 0) is 6.42 Å². The Morgan fingerprint density at radius 1 is 1.09 bits per heavy atom. The molecule has 22 heavy (non-hydrogen) atoms. The Hall–Kier alpha value is -1.16. The molecule has 0 radical (unpaired) electrons. The van der Waals surface area contributed by atoms with Crippen LogP contribution in [0.2, 0.25) is 5.02 Å². The van der Waals surface area contributed by atoms with E-state index in [1.54, 1.807) is 0 Å². The largest absolute Gasteiger partial charge is 0.382 e. The van der Waals surface area contributed by atoms with Gasteiger partial charge in [0.05, 0.1) is 0 Å². The average molecular weight is 331 g/mol. The SMILES string of the molecule is Clc1cc(NC2CCNCC2)c2c(c1)Sc1ccccc1C2. The second-order valence-electron chi connectivity index (χ2n) is 5.99. The summed E-state index contributed by atoms with van der Waals surface area (Å²) in [7, 11) is 0. The van der Waals surface area contributed by atoms with Crippen molar-refractivity contribution in [2.75, 3.05) is 18.4 Å². The molecule has 0 spiro atoms. The molecule has 2 aromatic carbocycles. The number of piperidine rings is 1. The van der Waals surface area contributed by atoms with Crippen LogP contribution in [-0.4, -0.2) is 19.1 Å². The lowest BCUT2D eigenvalue weighted by atomic mass is 10.0. The zero-order valence-corrected chi connectivity index (χ0v) is 13.9. The van der Waals surface area contributed by atoms with Crippen molar-refractivity contribution in [2.45, 2.75) is 35.1 Å². The van der Waals surface area contributed by atoms with Crippen LogP contribution in [0.25, 0.3) is 0 Å². The molecule has 0 atom stereocenters. The van der Waals surface area contributed by atoms with Crippen LogP contribution < -0.4 is 10.6 Å². The van der Waals surface area contributed by atoms with Crippen LogP contribution in [0.5, 0.6) is 0 Å². The second kappa shape index (κ2) is 6.15. The van der Waals surface area contributed by atoms with Gasteiger partial charge in [0.25, 0.3) is 0 Å². The molecule has 0 aliphatic carbocycles. The van der Waals surface area contributed by atoms with Gasteiger partial charge in [-0.2, -0.15) is 0 Å². The Bertz CT molecular complexity index is 695. The van der Waals surface area contributed by atoms with E-state index in [-0.39, 0.29) is 0 Å². The van der Waals surface area contributed by atoms with Crippen molar-refractivity contribution in [1.82, 2.24) is 5.32 Å². The van der Waals surface area contributed by atoms with Gasteiger partial charge in [0, 0.05) is 33.0 Å². The molecule has 2 heterocycles. The first-order chi connectivity index (χ1) is 10.8. The topological polar surface area (TPSA) is 24.1 Å². The molecule has 0 amide bonds. The lowest BCUT2D eigenvalue weighted by molar-refractivity contribution is 0.479. The molecule has 0 bridgehead atoms. The molecule has 2 aromatic rings. The number of nitrogens with one attached hydrogen (secondary N) is 2. The maximum atomic E-state index is 6.36. The minimum Gasteiger partial charge on any atom is -0.382 e. The van der Waals surface area contributed by atoms with Crippen LogP contribution in [0.15, 0.2) is 46.2 Å². The Morgan fingerprint density at radius 3 is 2.77 bits per heavy atom. The highest BCUT2D eigenvalue weighted by Gasteiger charge is 2.21. The molecule has 2 N–H and O–H groups in total. The number of benzene rings is 2. The molecule has 2 aliphatic heterocycles. The fraction of sp³-hybridized carbons (Fsp3) is 0.333. The third-order valence-corrected chi connectivity index (χ3v) is 5.85. The van der Waals surface area contributed by atoms with Crippen molar-refractivity contribution in [2.24, 2.45) is 0 Å². The first-order valence-corrected chi connectivity index (χ1v) is 9.04. The molecule has 114 valence electrons. The number of hydrogen-bond donors (Lipinski definition) is 2. The lowest BCUT2D eigenvalue weighted by Gasteiger charge is -2.28. The normalized spacial score (nSPS) is 17.7. The average Bonchev–Trinajstić information content (AvgIpc) is 2.54. The van der Waals surface area contributed by atoms with Crippen LogP contribution in [0, 0.1) is 0 Å². The fourth-order valence-corrected chi connectivity index (χ4v) is 4.69. The molecule has 4 heteroatoms. The van der Waals surface area contributed by atoms with Crippen molar-refractivity contribution in [3.63, 3.8) is 0 Å². The van der Waals surface area contributed by atoms with Gasteiger partial charge in [0.15, 0.2) is 0 Å². The van der Waals surface area contributed by atoms with Crippen molar-refractivity contribution in [3.05, 3.63) is 52.5 Å². The summed E-state index contributed by atoms with van der Waals surface area (Å²) in [6.45, 7) is 2.19. The van der Waals surface area contributed by atoms with E-state index in [4.69, 9.17) is 11.6 Å². The summed E-state index contributed by atoms with van der Waals surface area (Å²) in [5, 5.41) is 7.98.